The summed E-state index contributed by atoms with van der Waals surface area (Å²) in [7, 11) is 0. The van der Waals surface area contributed by atoms with Crippen LogP contribution in [0.1, 0.15) is 13.8 Å². The highest BCUT2D eigenvalue weighted by molar-refractivity contribution is 5.66. The molecule has 98 valence electrons. The number of nitrogens with one attached hydrogen (secondary N) is 1. The number of piperazine rings is 1. The monoisotopic (exact) mass is 248 g/mol. The van der Waals surface area contributed by atoms with E-state index in [2.05, 4.69) is 23.2 Å². The first-order chi connectivity index (χ1) is 8.75. The van der Waals surface area contributed by atoms with Crippen LogP contribution in [0.2, 0.25) is 0 Å². The largest absolute Gasteiger partial charge is 0.484 e. The third-order valence-electron chi connectivity index (χ3n) is 3.56. The molecule has 0 spiro atoms. The zero-order chi connectivity index (χ0) is 12.5. The summed E-state index contributed by atoms with van der Waals surface area (Å²) >= 11 is 0. The van der Waals surface area contributed by atoms with Gasteiger partial charge in [-0.15, -0.1) is 0 Å². The second-order valence-electron chi connectivity index (χ2n) is 5.09. The van der Waals surface area contributed by atoms with Crippen LogP contribution in [0.4, 0.5) is 5.69 Å². The second kappa shape index (κ2) is 4.69. The molecule has 18 heavy (non-hydrogen) atoms. The van der Waals surface area contributed by atoms with Crippen LogP contribution < -0.4 is 19.7 Å². The highest BCUT2D eigenvalue weighted by Crippen LogP contribution is 2.41. The van der Waals surface area contributed by atoms with E-state index in [9.17, 15) is 0 Å². The molecule has 2 atom stereocenters. The molecular weight excluding hydrogens is 228 g/mol. The number of fused-ring (bicyclic) bond motifs is 1. The molecule has 2 heterocycles. The minimum absolute atomic E-state index is 0.133. The molecule has 0 aliphatic carbocycles. The lowest BCUT2D eigenvalue weighted by Gasteiger charge is -2.38. The molecule has 1 saturated heterocycles. The first-order valence-corrected chi connectivity index (χ1v) is 6.65. The maximum absolute atomic E-state index is 5.88. The molecule has 1 aromatic rings. The fourth-order valence-corrected chi connectivity index (χ4v) is 2.62. The van der Waals surface area contributed by atoms with Crippen molar-refractivity contribution in [1.82, 2.24) is 5.32 Å². The number of nitrogens with zero attached hydrogens (tertiary/aromatic N) is 1. The van der Waals surface area contributed by atoms with Crippen molar-refractivity contribution in [3.8, 4) is 11.5 Å². The van der Waals surface area contributed by atoms with E-state index in [4.69, 9.17) is 9.47 Å². The number of anilines is 1. The molecule has 0 bridgehead atoms. The Hall–Kier alpha value is -1.42. The Morgan fingerprint density at radius 2 is 2.22 bits per heavy atom. The van der Waals surface area contributed by atoms with Crippen LogP contribution in [0.5, 0.6) is 11.5 Å². The number of benzene rings is 1. The van der Waals surface area contributed by atoms with Gasteiger partial charge in [0.05, 0.1) is 5.69 Å². The van der Waals surface area contributed by atoms with Gasteiger partial charge in [0.25, 0.3) is 0 Å². The van der Waals surface area contributed by atoms with E-state index in [1.54, 1.807) is 0 Å². The van der Waals surface area contributed by atoms with Crippen LogP contribution in [0.3, 0.4) is 0 Å². The van der Waals surface area contributed by atoms with E-state index in [1.807, 2.05) is 19.1 Å². The molecule has 0 aromatic heterocycles. The highest BCUT2D eigenvalue weighted by Gasteiger charge is 2.26. The number of ether oxygens (including phenoxy) is 2. The lowest BCUT2D eigenvalue weighted by molar-refractivity contribution is 0.104. The quantitative estimate of drug-likeness (QED) is 0.819. The SMILES string of the molecule is CC1COc2c(cccc2N2CCNCC2C)O1. The molecule has 1 fully saturated rings. The fourth-order valence-electron chi connectivity index (χ4n) is 2.62. The van der Waals surface area contributed by atoms with E-state index >= 15 is 0 Å². The maximum atomic E-state index is 5.88. The number of hydrogen-bond acceptors (Lipinski definition) is 4. The van der Waals surface area contributed by atoms with Crippen molar-refractivity contribution in [2.24, 2.45) is 0 Å². The zero-order valence-corrected chi connectivity index (χ0v) is 11.0. The normalized spacial score (nSPS) is 27.1. The van der Waals surface area contributed by atoms with Crippen LogP contribution >= 0.6 is 0 Å². The molecule has 1 N–H and O–H groups in total. The van der Waals surface area contributed by atoms with Gasteiger partial charge >= 0.3 is 0 Å². The van der Waals surface area contributed by atoms with Crippen molar-refractivity contribution in [3.63, 3.8) is 0 Å². The molecule has 0 saturated carbocycles. The van der Waals surface area contributed by atoms with Gasteiger partial charge in [-0.2, -0.15) is 0 Å². The summed E-state index contributed by atoms with van der Waals surface area (Å²) in [6.07, 6.45) is 0.133. The predicted molar refractivity (Wildman–Crippen MR) is 71.7 cm³/mol. The smallest absolute Gasteiger partial charge is 0.184 e. The molecular formula is C14H20N2O2. The van der Waals surface area contributed by atoms with Crippen LogP contribution in [-0.4, -0.2) is 38.4 Å². The molecule has 4 heteroatoms. The maximum Gasteiger partial charge on any atom is 0.184 e. The van der Waals surface area contributed by atoms with Gasteiger partial charge in [0, 0.05) is 25.7 Å². The highest BCUT2D eigenvalue weighted by atomic mass is 16.6. The van der Waals surface area contributed by atoms with E-state index < -0.39 is 0 Å². The van der Waals surface area contributed by atoms with Crippen molar-refractivity contribution < 1.29 is 9.47 Å². The van der Waals surface area contributed by atoms with Crippen molar-refractivity contribution in [2.45, 2.75) is 26.0 Å². The Balaban J connectivity index is 1.94. The first-order valence-electron chi connectivity index (χ1n) is 6.65. The van der Waals surface area contributed by atoms with Gasteiger partial charge in [0.2, 0.25) is 0 Å². The Kier molecular flexibility index (Phi) is 3.04. The molecule has 0 radical (unpaired) electrons. The summed E-state index contributed by atoms with van der Waals surface area (Å²) in [5.41, 5.74) is 1.16. The van der Waals surface area contributed by atoms with Crippen LogP contribution in [0.15, 0.2) is 18.2 Å². The zero-order valence-electron chi connectivity index (χ0n) is 11.0. The topological polar surface area (TPSA) is 33.7 Å². The third kappa shape index (κ3) is 2.01. The Bertz CT molecular complexity index is 436. The molecule has 0 amide bonds. The number of rotatable bonds is 1. The summed E-state index contributed by atoms with van der Waals surface area (Å²) < 4.78 is 11.7. The van der Waals surface area contributed by atoms with Crippen molar-refractivity contribution in [1.29, 1.82) is 0 Å². The Morgan fingerprint density at radius 3 is 3.06 bits per heavy atom. The minimum atomic E-state index is 0.133. The van der Waals surface area contributed by atoms with Gasteiger partial charge < -0.3 is 19.7 Å². The van der Waals surface area contributed by atoms with Gasteiger partial charge in [-0.25, -0.2) is 0 Å². The lowest BCUT2D eigenvalue weighted by Crippen LogP contribution is -2.50. The molecule has 4 nitrogen and oxygen atoms in total. The van der Waals surface area contributed by atoms with Gasteiger partial charge in [0.1, 0.15) is 12.7 Å². The average Bonchev–Trinajstić information content (AvgIpc) is 2.38. The summed E-state index contributed by atoms with van der Waals surface area (Å²) in [5, 5.41) is 3.41. The van der Waals surface area contributed by atoms with E-state index in [0.717, 1.165) is 36.8 Å². The van der Waals surface area contributed by atoms with Gasteiger partial charge in [0.15, 0.2) is 11.5 Å². The van der Waals surface area contributed by atoms with Gasteiger partial charge in [-0.1, -0.05) is 6.07 Å². The molecule has 2 aliphatic rings. The van der Waals surface area contributed by atoms with Crippen molar-refractivity contribution in [3.05, 3.63) is 18.2 Å². The second-order valence-corrected chi connectivity index (χ2v) is 5.09. The predicted octanol–water partition coefficient (Wildman–Crippen LogP) is 1.64. The lowest BCUT2D eigenvalue weighted by atomic mass is 10.1. The van der Waals surface area contributed by atoms with E-state index in [-0.39, 0.29) is 6.10 Å². The molecule has 2 aliphatic heterocycles. The summed E-state index contributed by atoms with van der Waals surface area (Å²) in [6, 6.07) is 6.64. The fraction of sp³-hybridized carbons (Fsp3) is 0.571. The van der Waals surface area contributed by atoms with E-state index in [1.165, 1.54) is 0 Å². The van der Waals surface area contributed by atoms with Crippen molar-refractivity contribution >= 4 is 5.69 Å². The summed E-state index contributed by atoms with van der Waals surface area (Å²) in [4.78, 5) is 2.40. The van der Waals surface area contributed by atoms with Crippen LogP contribution in [0.25, 0.3) is 0 Å². The standard InChI is InChI=1S/C14H20N2O2/c1-10-8-15-6-7-16(10)12-4-3-5-13-14(12)17-9-11(2)18-13/h3-5,10-11,15H,6-9H2,1-2H3. The average molecular weight is 248 g/mol. The van der Waals surface area contributed by atoms with Crippen LogP contribution in [0, 0.1) is 0 Å². The first kappa shape index (κ1) is 11.7. The van der Waals surface area contributed by atoms with Crippen LogP contribution in [-0.2, 0) is 0 Å². The van der Waals surface area contributed by atoms with Gasteiger partial charge in [-0.05, 0) is 26.0 Å². The van der Waals surface area contributed by atoms with E-state index in [0.29, 0.717) is 12.6 Å². The Labute approximate surface area is 108 Å². The van der Waals surface area contributed by atoms with Gasteiger partial charge in [-0.3, -0.25) is 0 Å². The molecule has 3 rings (SSSR count). The third-order valence-corrected chi connectivity index (χ3v) is 3.56. The molecule has 1 aromatic carbocycles. The summed E-state index contributed by atoms with van der Waals surface area (Å²) in [6.45, 7) is 7.94. The minimum Gasteiger partial charge on any atom is -0.484 e. The number of hydrogen-bond donors (Lipinski definition) is 1. The summed E-state index contributed by atoms with van der Waals surface area (Å²) in [5.74, 6) is 1.78. The Morgan fingerprint density at radius 1 is 1.33 bits per heavy atom. The van der Waals surface area contributed by atoms with Crippen molar-refractivity contribution in [2.75, 3.05) is 31.1 Å². The number of para-hydroxylation sites is 1. The molecule has 2 unspecified atom stereocenters.